The average molecular weight is 214 g/mol. The van der Waals surface area contributed by atoms with Crippen LogP contribution in [0, 0.1) is 12.8 Å². The zero-order valence-electron chi connectivity index (χ0n) is 8.73. The van der Waals surface area contributed by atoms with Crippen LogP contribution in [0.1, 0.15) is 35.8 Å². The second-order valence-corrected chi connectivity index (χ2v) is 4.78. The van der Waals surface area contributed by atoms with Gasteiger partial charge in [-0.25, -0.2) is 4.98 Å². The van der Waals surface area contributed by atoms with Gasteiger partial charge in [-0.15, -0.1) is 11.3 Å². The minimum atomic E-state index is -0.439. The molecule has 0 aliphatic carbocycles. The van der Waals surface area contributed by atoms with E-state index in [9.17, 15) is 5.11 Å². The summed E-state index contributed by atoms with van der Waals surface area (Å²) in [6.07, 6.45) is 3.33. The average Bonchev–Trinajstić information content (AvgIpc) is 2.60. The van der Waals surface area contributed by atoms with Gasteiger partial charge >= 0.3 is 0 Å². The number of nitrogens with zero attached hydrogens (tertiary/aromatic N) is 1. The Hall–Kier alpha value is -0.450. The van der Waals surface area contributed by atoms with Crippen molar-refractivity contribution in [1.82, 2.24) is 4.98 Å². The van der Waals surface area contributed by atoms with Crippen molar-refractivity contribution >= 4 is 11.3 Å². The number of aryl methyl sites for hydroxylation is 1. The van der Waals surface area contributed by atoms with Crippen molar-refractivity contribution < 1.29 is 5.11 Å². The molecular formula is C10H18N2OS. The number of thiazole rings is 1. The fraction of sp³-hybridized carbons (Fsp3) is 0.700. The Morgan fingerprint density at radius 2 is 2.36 bits per heavy atom. The van der Waals surface area contributed by atoms with E-state index >= 15 is 0 Å². The summed E-state index contributed by atoms with van der Waals surface area (Å²) in [4.78, 5) is 5.07. The lowest BCUT2D eigenvalue weighted by molar-refractivity contribution is 0.110. The number of aromatic nitrogens is 1. The van der Waals surface area contributed by atoms with Crippen molar-refractivity contribution in [1.29, 1.82) is 0 Å². The zero-order valence-corrected chi connectivity index (χ0v) is 9.55. The van der Waals surface area contributed by atoms with E-state index in [1.807, 2.05) is 6.92 Å². The fourth-order valence-electron chi connectivity index (χ4n) is 1.52. The van der Waals surface area contributed by atoms with Crippen molar-refractivity contribution in [3.05, 3.63) is 16.1 Å². The first-order valence-corrected chi connectivity index (χ1v) is 5.81. The van der Waals surface area contributed by atoms with Gasteiger partial charge in [0, 0.05) is 12.1 Å². The largest absolute Gasteiger partial charge is 0.387 e. The second kappa shape index (κ2) is 5.44. The summed E-state index contributed by atoms with van der Waals surface area (Å²) in [5.74, 6) is 0.167. The first-order chi connectivity index (χ1) is 6.69. The van der Waals surface area contributed by atoms with E-state index in [0.29, 0.717) is 6.54 Å². The highest BCUT2D eigenvalue weighted by Gasteiger charge is 2.20. The van der Waals surface area contributed by atoms with Crippen molar-refractivity contribution in [2.75, 3.05) is 6.54 Å². The molecule has 1 aromatic rings. The van der Waals surface area contributed by atoms with Crippen LogP contribution in [0.4, 0.5) is 0 Å². The van der Waals surface area contributed by atoms with Crippen LogP contribution in [0.3, 0.4) is 0 Å². The van der Waals surface area contributed by atoms with E-state index in [1.165, 1.54) is 0 Å². The second-order valence-electron chi connectivity index (χ2n) is 3.51. The molecule has 0 aliphatic rings. The molecule has 0 fully saturated rings. The Bertz CT molecular complexity index is 275. The number of rotatable bonds is 5. The van der Waals surface area contributed by atoms with E-state index in [2.05, 4.69) is 11.9 Å². The Morgan fingerprint density at radius 3 is 2.79 bits per heavy atom. The van der Waals surface area contributed by atoms with Crippen molar-refractivity contribution in [2.24, 2.45) is 11.7 Å². The number of hydrogen-bond acceptors (Lipinski definition) is 4. The quantitative estimate of drug-likeness (QED) is 0.786. The van der Waals surface area contributed by atoms with Gasteiger partial charge in [-0.3, -0.25) is 0 Å². The van der Waals surface area contributed by atoms with Gasteiger partial charge in [0.1, 0.15) is 0 Å². The number of aliphatic hydroxyl groups excluding tert-OH is 1. The fourth-order valence-corrected chi connectivity index (χ4v) is 2.39. The smallest absolute Gasteiger partial charge is 0.0938 e. The normalized spacial score (nSPS) is 15.4. The summed E-state index contributed by atoms with van der Waals surface area (Å²) >= 11 is 1.55. The van der Waals surface area contributed by atoms with Crippen LogP contribution >= 0.6 is 11.3 Å². The molecule has 1 heterocycles. The maximum absolute atomic E-state index is 10.0. The molecule has 3 N–H and O–H groups in total. The van der Waals surface area contributed by atoms with Gasteiger partial charge < -0.3 is 10.8 Å². The van der Waals surface area contributed by atoms with Gasteiger partial charge in [0.15, 0.2) is 0 Å². The molecule has 0 aliphatic heterocycles. The van der Waals surface area contributed by atoms with E-state index < -0.39 is 6.10 Å². The van der Waals surface area contributed by atoms with E-state index in [4.69, 9.17) is 5.73 Å². The van der Waals surface area contributed by atoms with E-state index in [0.717, 1.165) is 22.7 Å². The monoisotopic (exact) mass is 214 g/mol. The van der Waals surface area contributed by atoms with Gasteiger partial charge in [-0.1, -0.05) is 13.3 Å². The molecule has 1 aromatic heterocycles. The molecule has 0 aromatic carbocycles. The molecule has 4 heteroatoms. The van der Waals surface area contributed by atoms with Crippen molar-refractivity contribution in [3.63, 3.8) is 0 Å². The lowest BCUT2D eigenvalue weighted by Crippen LogP contribution is -2.21. The van der Waals surface area contributed by atoms with Crippen LogP contribution in [0.2, 0.25) is 0 Å². The maximum Gasteiger partial charge on any atom is 0.0938 e. The summed E-state index contributed by atoms with van der Waals surface area (Å²) in [5.41, 5.74) is 5.63. The molecule has 80 valence electrons. The van der Waals surface area contributed by atoms with E-state index in [1.54, 1.807) is 17.5 Å². The summed E-state index contributed by atoms with van der Waals surface area (Å²) in [7, 11) is 0. The molecule has 0 amide bonds. The number of aliphatic hydroxyl groups is 1. The van der Waals surface area contributed by atoms with E-state index in [-0.39, 0.29) is 5.92 Å². The standard InChI is InChI=1S/C10H18N2OS/c1-3-4-8(5-11)10(13)9-6-12-7(2)14-9/h6,8,10,13H,3-5,11H2,1-2H3. The molecule has 0 radical (unpaired) electrons. The lowest BCUT2D eigenvalue weighted by atomic mass is 9.96. The predicted octanol–water partition coefficient (Wildman–Crippen LogP) is 1.86. The van der Waals surface area contributed by atoms with Crippen LogP contribution in [0.25, 0.3) is 0 Å². The maximum atomic E-state index is 10.0. The Balaban J connectivity index is 2.66. The Labute approximate surface area is 89.0 Å². The highest BCUT2D eigenvalue weighted by atomic mass is 32.1. The molecule has 2 unspecified atom stereocenters. The molecule has 3 nitrogen and oxygen atoms in total. The summed E-state index contributed by atoms with van der Waals surface area (Å²) in [6, 6.07) is 0. The van der Waals surface area contributed by atoms with Crippen LogP contribution in [-0.4, -0.2) is 16.6 Å². The third-order valence-electron chi connectivity index (χ3n) is 2.34. The summed E-state index contributed by atoms with van der Waals surface area (Å²) in [5, 5.41) is 11.0. The molecule has 0 bridgehead atoms. The highest BCUT2D eigenvalue weighted by molar-refractivity contribution is 7.11. The molecule has 1 rings (SSSR count). The van der Waals surface area contributed by atoms with Crippen LogP contribution in [0.15, 0.2) is 6.20 Å². The van der Waals surface area contributed by atoms with Crippen molar-refractivity contribution in [2.45, 2.75) is 32.8 Å². The lowest BCUT2D eigenvalue weighted by Gasteiger charge is -2.19. The Morgan fingerprint density at radius 1 is 1.64 bits per heavy atom. The molecule has 0 saturated heterocycles. The summed E-state index contributed by atoms with van der Waals surface area (Å²) < 4.78 is 0. The third-order valence-corrected chi connectivity index (χ3v) is 3.32. The van der Waals surface area contributed by atoms with Gasteiger partial charge in [0.05, 0.1) is 16.0 Å². The van der Waals surface area contributed by atoms with Crippen LogP contribution < -0.4 is 5.73 Å². The minimum absolute atomic E-state index is 0.167. The molecule has 14 heavy (non-hydrogen) atoms. The van der Waals surface area contributed by atoms with Gasteiger partial charge in [-0.05, 0) is 19.9 Å². The van der Waals surface area contributed by atoms with Crippen LogP contribution in [0.5, 0.6) is 0 Å². The van der Waals surface area contributed by atoms with Crippen molar-refractivity contribution in [3.8, 4) is 0 Å². The molecule has 0 saturated carbocycles. The minimum Gasteiger partial charge on any atom is -0.387 e. The zero-order chi connectivity index (χ0) is 10.6. The topological polar surface area (TPSA) is 59.1 Å². The molecular weight excluding hydrogens is 196 g/mol. The first-order valence-electron chi connectivity index (χ1n) is 4.99. The summed E-state index contributed by atoms with van der Waals surface area (Å²) in [6.45, 7) is 4.58. The first kappa shape index (κ1) is 11.6. The van der Waals surface area contributed by atoms with Gasteiger partial charge in [0.2, 0.25) is 0 Å². The van der Waals surface area contributed by atoms with Gasteiger partial charge in [-0.2, -0.15) is 0 Å². The highest BCUT2D eigenvalue weighted by Crippen LogP contribution is 2.28. The predicted molar refractivity (Wildman–Crippen MR) is 59.3 cm³/mol. The SMILES string of the molecule is CCCC(CN)C(O)c1cnc(C)s1. The van der Waals surface area contributed by atoms with Crippen LogP contribution in [-0.2, 0) is 0 Å². The van der Waals surface area contributed by atoms with Gasteiger partial charge in [0.25, 0.3) is 0 Å². The third kappa shape index (κ3) is 2.77. The number of hydrogen-bond donors (Lipinski definition) is 2. The number of nitrogens with two attached hydrogens (primary N) is 1. The molecule has 0 spiro atoms. The molecule has 2 atom stereocenters. The Kier molecular flexibility index (Phi) is 4.51.